The molecule has 0 unspecified atom stereocenters. The van der Waals surface area contributed by atoms with Crippen molar-refractivity contribution in [1.29, 1.82) is 0 Å². The number of aryl methyl sites for hydroxylation is 1. The van der Waals surface area contributed by atoms with Crippen LogP contribution in [0.1, 0.15) is 18.1 Å². The second-order valence-corrected chi connectivity index (χ2v) is 7.30. The van der Waals surface area contributed by atoms with Crippen LogP contribution in [0.4, 0.5) is 10.5 Å². The number of ether oxygens (including phenoxy) is 2. The highest BCUT2D eigenvalue weighted by Crippen LogP contribution is 2.30. The summed E-state index contributed by atoms with van der Waals surface area (Å²) in [6, 6.07) is 11.0. The van der Waals surface area contributed by atoms with Gasteiger partial charge >= 0.3 is 12.0 Å². The van der Waals surface area contributed by atoms with E-state index in [0.29, 0.717) is 11.3 Å². The van der Waals surface area contributed by atoms with Crippen LogP contribution in [0.3, 0.4) is 0 Å². The first-order valence-electron chi connectivity index (χ1n) is 9.96. The minimum Gasteiger partial charge on any atom is -0.493 e. The van der Waals surface area contributed by atoms with Gasteiger partial charge in [-0.15, -0.1) is 0 Å². The molecule has 3 rings (SSSR count). The Labute approximate surface area is 189 Å². The number of carboxylic acid groups (broad SMARTS) is 1. The second kappa shape index (κ2) is 9.86. The molecule has 2 aromatic carbocycles. The van der Waals surface area contributed by atoms with E-state index in [0.717, 1.165) is 10.5 Å². The third kappa shape index (κ3) is 5.67. The maximum absolute atomic E-state index is 12.7. The van der Waals surface area contributed by atoms with Crippen LogP contribution in [0.5, 0.6) is 11.5 Å². The summed E-state index contributed by atoms with van der Waals surface area (Å²) >= 11 is 0. The Bertz CT molecular complexity index is 1130. The number of nitrogens with one attached hydrogen (secondary N) is 2. The molecule has 3 N–H and O–H groups in total. The Balaban J connectivity index is 1.71. The lowest BCUT2D eigenvalue weighted by Gasteiger charge is -2.14. The summed E-state index contributed by atoms with van der Waals surface area (Å²) in [5.41, 5.74) is 2.07. The van der Waals surface area contributed by atoms with E-state index in [-0.39, 0.29) is 17.2 Å². The predicted molar refractivity (Wildman–Crippen MR) is 119 cm³/mol. The zero-order valence-electron chi connectivity index (χ0n) is 18.2. The monoisotopic (exact) mass is 453 g/mol. The summed E-state index contributed by atoms with van der Waals surface area (Å²) in [5.74, 6) is -1.83. The van der Waals surface area contributed by atoms with Gasteiger partial charge in [0.15, 0.2) is 17.6 Å². The smallest absolute Gasteiger partial charge is 0.344 e. The fourth-order valence-corrected chi connectivity index (χ4v) is 2.98. The SMILES string of the molecule is COc1cc(/C=C2/NC(=O)N(CC(=O)Nc3ccc(C)cc3)C2=O)ccc1O[C@@H](C)C(=O)O. The van der Waals surface area contributed by atoms with Gasteiger partial charge in [0.05, 0.1) is 7.11 Å². The van der Waals surface area contributed by atoms with E-state index in [9.17, 15) is 19.2 Å². The Morgan fingerprint density at radius 3 is 2.48 bits per heavy atom. The molecule has 4 amide bonds. The first-order valence-corrected chi connectivity index (χ1v) is 9.96. The Morgan fingerprint density at radius 1 is 1.15 bits per heavy atom. The highest BCUT2D eigenvalue weighted by molar-refractivity contribution is 6.16. The number of nitrogens with zero attached hydrogens (tertiary/aromatic N) is 1. The highest BCUT2D eigenvalue weighted by Gasteiger charge is 2.35. The van der Waals surface area contributed by atoms with Crippen molar-refractivity contribution in [1.82, 2.24) is 10.2 Å². The lowest BCUT2D eigenvalue weighted by atomic mass is 10.1. The van der Waals surface area contributed by atoms with Gasteiger partial charge in [-0.2, -0.15) is 0 Å². The number of imide groups is 1. The maximum atomic E-state index is 12.7. The van der Waals surface area contributed by atoms with Crippen molar-refractivity contribution in [2.45, 2.75) is 20.0 Å². The fraction of sp³-hybridized carbons (Fsp3) is 0.217. The average molecular weight is 453 g/mol. The molecular weight excluding hydrogens is 430 g/mol. The molecule has 0 bridgehead atoms. The zero-order valence-corrected chi connectivity index (χ0v) is 18.2. The summed E-state index contributed by atoms with van der Waals surface area (Å²) < 4.78 is 10.6. The third-order valence-electron chi connectivity index (χ3n) is 4.75. The quantitative estimate of drug-likeness (QED) is 0.413. The zero-order chi connectivity index (χ0) is 24.1. The molecule has 0 spiro atoms. The molecule has 0 radical (unpaired) electrons. The number of rotatable bonds is 8. The normalized spacial score (nSPS) is 15.2. The highest BCUT2D eigenvalue weighted by atomic mass is 16.5. The van der Waals surface area contributed by atoms with Gasteiger partial charge in [-0.05, 0) is 49.8 Å². The number of benzene rings is 2. The van der Waals surface area contributed by atoms with Crippen LogP contribution in [0.2, 0.25) is 0 Å². The molecule has 1 heterocycles. The van der Waals surface area contributed by atoms with Gasteiger partial charge in [0, 0.05) is 5.69 Å². The van der Waals surface area contributed by atoms with Gasteiger partial charge in [0.2, 0.25) is 5.91 Å². The van der Waals surface area contributed by atoms with E-state index in [1.54, 1.807) is 18.2 Å². The molecule has 1 aliphatic rings. The molecule has 1 saturated heterocycles. The molecule has 33 heavy (non-hydrogen) atoms. The molecular formula is C23H23N3O7. The van der Waals surface area contributed by atoms with Crippen LogP contribution < -0.4 is 20.1 Å². The number of carbonyl (C=O) groups excluding carboxylic acids is 3. The number of aliphatic carboxylic acids is 1. The minimum absolute atomic E-state index is 0.0160. The van der Waals surface area contributed by atoms with Gasteiger partial charge in [0.1, 0.15) is 12.2 Å². The van der Waals surface area contributed by atoms with Gasteiger partial charge < -0.3 is 25.2 Å². The predicted octanol–water partition coefficient (Wildman–Crippen LogP) is 2.39. The largest absolute Gasteiger partial charge is 0.493 e. The van der Waals surface area contributed by atoms with Crippen LogP contribution in [0, 0.1) is 6.92 Å². The van der Waals surface area contributed by atoms with Gasteiger partial charge in [-0.25, -0.2) is 14.5 Å². The maximum Gasteiger partial charge on any atom is 0.344 e. The minimum atomic E-state index is -1.13. The topological polar surface area (TPSA) is 134 Å². The van der Waals surface area contributed by atoms with Crippen LogP contribution in [0.15, 0.2) is 48.2 Å². The van der Waals surface area contributed by atoms with Crippen molar-refractivity contribution in [3.05, 3.63) is 59.3 Å². The third-order valence-corrected chi connectivity index (χ3v) is 4.75. The van der Waals surface area contributed by atoms with E-state index >= 15 is 0 Å². The summed E-state index contributed by atoms with van der Waals surface area (Å²) in [6.07, 6.45) is 0.337. The number of carboxylic acids is 1. The summed E-state index contributed by atoms with van der Waals surface area (Å²) in [4.78, 5) is 49.0. The molecule has 172 valence electrons. The van der Waals surface area contributed by atoms with E-state index in [4.69, 9.17) is 14.6 Å². The van der Waals surface area contributed by atoms with Crippen LogP contribution >= 0.6 is 0 Å². The Morgan fingerprint density at radius 2 is 1.85 bits per heavy atom. The van der Waals surface area contributed by atoms with E-state index in [1.165, 1.54) is 32.2 Å². The van der Waals surface area contributed by atoms with Crippen molar-refractivity contribution in [3.8, 4) is 11.5 Å². The van der Waals surface area contributed by atoms with Crippen molar-refractivity contribution in [2.24, 2.45) is 0 Å². The van der Waals surface area contributed by atoms with E-state index < -0.39 is 36.5 Å². The number of urea groups is 1. The summed E-state index contributed by atoms with van der Waals surface area (Å²) in [5, 5.41) is 14.1. The molecule has 1 fully saturated rings. The summed E-state index contributed by atoms with van der Waals surface area (Å²) in [7, 11) is 1.39. The lowest BCUT2D eigenvalue weighted by molar-refractivity contribution is -0.144. The molecule has 1 atom stereocenters. The number of methoxy groups -OCH3 is 1. The van der Waals surface area contributed by atoms with Crippen molar-refractivity contribution < 1.29 is 33.8 Å². The van der Waals surface area contributed by atoms with Crippen molar-refractivity contribution >= 4 is 35.6 Å². The first kappa shape index (κ1) is 23.3. The van der Waals surface area contributed by atoms with Gasteiger partial charge in [0.25, 0.3) is 5.91 Å². The van der Waals surface area contributed by atoms with Crippen molar-refractivity contribution in [2.75, 3.05) is 19.0 Å². The lowest BCUT2D eigenvalue weighted by Crippen LogP contribution is -2.38. The van der Waals surface area contributed by atoms with Crippen LogP contribution in [0.25, 0.3) is 6.08 Å². The molecule has 0 saturated carbocycles. The van der Waals surface area contributed by atoms with Gasteiger partial charge in [-0.3, -0.25) is 9.59 Å². The molecule has 10 nitrogen and oxygen atoms in total. The average Bonchev–Trinajstić information content (AvgIpc) is 3.03. The van der Waals surface area contributed by atoms with Gasteiger partial charge in [-0.1, -0.05) is 23.8 Å². The molecule has 10 heteroatoms. The second-order valence-electron chi connectivity index (χ2n) is 7.30. The number of amides is 4. The Kier molecular flexibility index (Phi) is 6.97. The number of anilines is 1. The van der Waals surface area contributed by atoms with Crippen molar-refractivity contribution in [3.63, 3.8) is 0 Å². The van der Waals surface area contributed by atoms with E-state index in [1.807, 2.05) is 19.1 Å². The number of hydrogen-bond acceptors (Lipinski definition) is 6. The molecule has 0 aliphatic carbocycles. The number of hydrogen-bond donors (Lipinski definition) is 3. The van der Waals surface area contributed by atoms with Crippen LogP contribution in [-0.4, -0.2) is 53.6 Å². The fourth-order valence-electron chi connectivity index (χ4n) is 2.98. The molecule has 0 aromatic heterocycles. The standard InChI is InChI=1S/C23H23N3O7/c1-13-4-7-16(8-5-13)24-20(27)12-26-21(28)17(25-23(26)31)10-15-6-9-18(19(11-15)32-3)33-14(2)22(29)30/h4-11,14H,12H2,1-3H3,(H,24,27)(H,25,31)(H,29,30)/b17-10+/t14-/m0/s1. The molecule has 2 aromatic rings. The molecule has 1 aliphatic heterocycles. The van der Waals surface area contributed by atoms with E-state index in [2.05, 4.69) is 10.6 Å². The first-order chi connectivity index (χ1) is 15.7. The van der Waals surface area contributed by atoms with Crippen LogP contribution in [-0.2, 0) is 14.4 Å². The Hall–Kier alpha value is -4.34. The number of carbonyl (C=O) groups is 4. The summed E-state index contributed by atoms with van der Waals surface area (Å²) in [6.45, 7) is 2.85.